The van der Waals surface area contributed by atoms with Crippen LogP contribution < -0.4 is 11.1 Å². The minimum atomic E-state index is -4.47. The third-order valence-corrected chi connectivity index (χ3v) is 2.54. The lowest BCUT2D eigenvalue weighted by Gasteiger charge is -2.14. The van der Waals surface area contributed by atoms with E-state index in [0.29, 0.717) is 11.3 Å². The molecule has 8 heteroatoms. The Morgan fingerprint density at radius 2 is 1.95 bits per heavy atom. The third-order valence-electron chi connectivity index (χ3n) is 2.30. The first-order valence-corrected chi connectivity index (χ1v) is 5.99. The summed E-state index contributed by atoms with van der Waals surface area (Å²) in [5.74, 6) is -0.669. The number of ether oxygens (including phenoxy) is 1. The Bertz CT molecular complexity index is 488. The molecule has 0 spiro atoms. The maximum absolute atomic E-state index is 11.9. The first kappa shape index (κ1) is 16.4. The second-order valence-electron chi connectivity index (χ2n) is 4.00. The van der Waals surface area contributed by atoms with Gasteiger partial charge >= 0.3 is 6.18 Å². The van der Waals surface area contributed by atoms with Gasteiger partial charge in [0.05, 0.1) is 0 Å². The first-order chi connectivity index (χ1) is 9.19. The highest BCUT2D eigenvalue weighted by Crippen LogP contribution is 2.16. The Labute approximate surface area is 119 Å². The van der Waals surface area contributed by atoms with E-state index < -0.39 is 24.8 Å². The summed E-state index contributed by atoms with van der Waals surface area (Å²) in [6.07, 6.45) is -5.68. The summed E-state index contributed by atoms with van der Waals surface area (Å²) in [5, 5.41) is 2.43. The number of benzene rings is 1. The zero-order valence-corrected chi connectivity index (χ0v) is 11.3. The van der Waals surface area contributed by atoms with Gasteiger partial charge in [0.15, 0.2) is 0 Å². The summed E-state index contributed by atoms with van der Waals surface area (Å²) in [4.78, 5) is 11.8. The quantitative estimate of drug-likeness (QED) is 0.819. The van der Waals surface area contributed by atoms with E-state index in [2.05, 4.69) is 10.1 Å². The van der Waals surface area contributed by atoms with E-state index in [1.807, 2.05) is 0 Å². The number of amides is 1. The van der Waals surface area contributed by atoms with Gasteiger partial charge < -0.3 is 15.8 Å². The molecule has 1 aromatic carbocycles. The summed E-state index contributed by atoms with van der Waals surface area (Å²) in [6, 6.07) is 6.28. The summed E-state index contributed by atoms with van der Waals surface area (Å²) in [6.45, 7) is -0.230. The maximum Gasteiger partial charge on any atom is 0.411 e. The average Bonchev–Trinajstić information content (AvgIpc) is 2.35. The van der Waals surface area contributed by atoms with Crippen molar-refractivity contribution in [3.63, 3.8) is 0 Å². The van der Waals surface area contributed by atoms with E-state index >= 15 is 0 Å². The highest BCUT2D eigenvalue weighted by Gasteiger charge is 2.29. The van der Waals surface area contributed by atoms with Crippen molar-refractivity contribution in [2.75, 3.05) is 11.9 Å². The third kappa shape index (κ3) is 5.54. The number of carbonyl (C=O) groups excluding carboxylic acids is 1. The van der Waals surface area contributed by atoms with Crippen LogP contribution in [0.25, 0.3) is 0 Å². The lowest BCUT2D eigenvalue weighted by Crippen LogP contribution is -2.31. The van der Waals surface area contributed by atoms with Crippen LogP contribution in [-0.4, -0.2) is 29.8 Å². The molecule has 20 heavy (non-hydrogen) atoms. The van der Waals surface area contributed by atoms with Gasteiger partial charge in [0.25, 0.3) is 5.91 Å². The number of rotatable bonds is 5. The molecule has 1 aromatic rings. The van der Waals surface area contributed by atoms with Crippen molar-refractivity contribution < 1.29 is 22.7 Å². The summed E-state index contributed by atoms with van der Waals surface area (Å²) in [7, 11) is 0. The number of hydrogen-bond donors (Lipinski definition) is 2. The molecule has 0 aromatic heterocycles. The smallest absolute Gasteiger partial charge is 0.389 e. The van der Waals surface area contributed by atoms with E-state index in [1.54, 1.807) is 24.3 Å². The number of nitrogens with two attached hydrogens (primary N) is 1. The molecule has 0 bridgehead atoms. The largest absolute Gasteiger partial charge is 0.411 e. The molecule has 0 aliphatic heterocycles. The molecule has 1 unspecified atom stereocenters. The number of hydrogen-bond acceptors (Lipinski definition) is 3. The van der Waals surface area contributed by atoms with Gasteiger partial charge in [0.1, 0.15) is 17.7 Å². The van der Waals surface area contributed by atoms with Gasteiger partial charge in [-0.05, 0) is 31.2 Å². The van der Waals surface area contributed by atoms with Crippen LogP contribution in [0.1, 0.15) is 12.5 Å². The first-order valence-electron chi connectivity index (χ1n) is 5.58. The summed E-state index contributed by atoms with van der Waals surface area (Å²) in [5.41, 5.74) is 6.45. The minimum absolute atomic E-state index is 0.213. The summed E-state index contributed by atoms with van der Waals surface area (Å²) < 4.78 is 40.3. The molecule has 0 saturated carbocycles. The number of halogens is 3. The van der Waals surface area contributed by atoms with Crippen LogP contribution in [0.2, 0.25) is 0 Å². The number of thiocarbonyl (C=S) groups is 1. The molecule has 1 rings (SSSR count). The Kier molecular flexibility index (Phi) is 5.46. The topological polar surface area (TPSA) is 64.3 Å². The average molecular weight is 306 g/mol. The Morgan fingerprint density at radius 3 is 2.40 bits per heavy atom. The second kappa shape index (κ2) is 6.67. The maximum atomic E-state index is 11.9. The van der Waals surface area contributed by atoms with Crippen LogP contribution in [0, 0.1) is 0 Å². The zero-order valence-electron chi connectivity index (χ0n) is 10.5. The van der Waals surface area contributed by atoms with Crippen LogP contribution in [-0.2, 0) is 9.53 Å². The number of carbonyl (C=O) groups is 1. The van der Waals surface area contributed by atoms with Crippen LogP contribution in [0.5, 0.6) is 0 Å². The number of alkyl halides is 3. The number of anilines is 1. The molecule has 0 aliphatic rings. The molecule has 1 amide bonds. The molecule has 0 aliphatic carbocycles. The van der Waals surface area contributed by atoms with Crippen molar-refractivity contribution in [2.24, 2.45) is 5.73 Å². The molecule has 110 valence electrons. The van der Waals surface area contributed by atoms with Crippen LogP contribution >= 0.6 is 12.2 Å². The summed E-state index contributed by atoms with van der Waals surface area (Å²) >= 11 is 4.77. The fourth-order valence-corrected chi connectivity index (χ4v) is 1.39. The van der Waals surface area contributed by atoms with Crippen LogP contribution in [0.4, 0.5) is 18.9 Å². The van der Waals surface area contributed by atoms with Crippen molar-refractivity contribution in [2.45, 2.75) is 19.2 Å². The van der Waals surface area contributed by atoms with Gasteiger partial charge in [-0.2, -0.15) is 13.2 Å². The fraction of sp³-hybridized carbons (Fsp3) is 0.333. The van der Waals surface area contributed by atoms with E-state index in [9.17, 15) is 18.0 Å². The fourth-order valence-electron chi connectivity index (χ4n) is 1.26. The molecule has 0 fully saturated rings. The van der Waals surface area contributed by atoms with Gasteiger partial charge in [-0.25, -0.2) is 0 Å². The molecule has 1 atom stereocenters. The Hall–Kier alpha value is -1.67. The van der Waals surface area contributed by atoms with E-state index in [1.165, 1.54) is 6.92 Å². The van der Waals surface area contributed by atoms with Crippen molar-refractivity contribution >= 4 is 28.8 Å². The molecule has 3 N–H and O–H groups in total. The van der Waals surface area contributed by atoms with E-state index in [-0.39, 0.29) is 4.99 Å². The van der Waals surface area contributed by atoms with Crippen molar-refractivity contribution in [3.8, 4) is 0 Å². The van der Waals surface area contributed by atoms with Gasteiger partial charge in [0, 0.05) is 11.3 Å². The lowest BCUT2D eigenvalue weighted by atomic mass is 10.2. The predicted octanol–water partition coefficient (Wildman–Crippen LogP) is 2.23. The Morgan fingerprint density at radius 1 is 1.40 bits per heavy atom. The van der Waals surface area contributed by atoms with E-state index in [4.69, 9.17) is 18.0 Å². The standard InChI is InChI=1S/C12H13F3N2O2S/c1-7(19-6-12(13,14)15)11(18)17-9-4-2-8(3-5-9)10(16)20/h2-5,7H,6H2,1H3,(H2,16,20)(H,17,18). The second-order valence-corrected chi connectivity index (χ2v) is 4.44. The van der Waals surface area contributed by atoms with Gasteiger partial charge in [-0.3, -0.25) is 4.79 Å². The monoisotopic (exact) mass is 306 g/mol. The van der Waals surface area contributed by atoms with Crippen molar-refractivity contribution in [1.82, 2.24) is 0 Å². The zero-order chi connectivity index (χ0) is 15.3. The molecule has 0 saturated heterocycles. The lowest BCUT2D eigenvalue weighted by molar-refractivity contribution is -0.184. The van der Waals surface area contributed by atoms with Gasteiger partial charge in [-0.15, -0.1) is 0 Å². The molecule has 0 heterocycles. The van der Waals surface area contributed by atoms with Crippen molar-refractivity contribution in [3.05, 3.63) is 29.8 Å². The van der Waals surface area contributed by atoms with Crippen molar-refractivity contribution in [1.29, 1.82) is 0 Å². The van der Waals surface area contributed by atoms with Crippen LogP contribution in [0.15, 0.2) is 24.3 Å². The number of nitrogens with one attached hydrogen (secondary N) is 1. The highest BCUT2D eigenvalue weighted by molar-refractivity contribution is 7.80. The SMILES string of the molecule is CC(OCC(F)(F)F)C(=O)Nc1ccc(C(N)=S)cc1. The minimum Gasteiger partial charge on any atom is -0.389 e. The normalized spacial score (nSPS) is 12.8. The van der Waals surface area contributed by atoms with Gasteiger partial charge in [-0.1, -0.05) is 12.2 Å². The molecular weight excluding hydrogens is 293 g/mol. The van der Waals surface area contributed by atoms with E-state index in [0.717, 1.165) is 0 Å². The molecule has 4 nitrogen and oxygen atoms in total. The molecular formula is C12H13F3N2O2S. The van der Waals surface area contributed by atoms with Crippen LogP contribution in [0.3, 0.4) is 0 Å². The highest BCUT2D eigenvalue weighted by atomic mass is 32.1. The van der Waals surface area contributed by atoms with Gasteiger partial charge in [0.2, 0.25) is 0 Å². The Balaban J connectivity index is 2.55. The predicted molar refractivity (Wildman–Crippen MR) is 72.4 cm³/mol. The molecule has 0 radical (unpaired) electrons.